The zero-order valence-corrected chi connectivity index (χ0v) is 23.7. The Morgan fingerprint density at radius 3 is 2.05 bits per heavy atom. The van der Waals surface area contributed by atoms with E-state index in [0.29, 0.717) is 22.6 Å². The summed E-state index contributed by atoms with van der Waals surface area (Å²) in [6.07, 6.45) is 1.43. The van der Waals surface area contributed by atoms with Crippen LogP contribution < -0.4 is 14.9 Å². The second-order valence-electron chi connectivity index (χ2n) is 9.65. The lowest BCUT2D eigenvalue weighted by Gasteiger charge is -2.11. The van der Waals surface area contributed by atoms with Crippen LogP contribution >= 0.6 is 0 Å². The van der Waals surface area contributed by atoms with Crippen LogP contribution in [0.15, 0.2) is 119 Å². The van der Waals surface area contributed by atoms with E-state index in [1.807, 2.05) is 56.3 Å². The summed E-state index contributed by atoms with van der Waals surface area (Å²) in [5, 5.41) is 5.82. The van der Waals surface area contributed by atoms with Crippen molar-refractivity contribution in [3.8, 4) is 5.75 Å². The zero-order valence-electron chi connectivity index (χ0n) is 22.9. The van der Waals surface area contributed by atoms with Crippen molar-refractivity contribution in [2.75, 3.05) is 4.72 Å². The number of ether oxygens (including phenoxy) is 1. The molecule has 8 nitrogen and oxygen atoms in total. The molecule has 0 bridgehead atoms. The van der Waals surface area contributed by atoms with E-state index in [0.717, 1.165) is 21.9 Å². The first-order valence-corrected chi connectivity index (χ1v) is 14.5. The highest BCUT2D eigenvalue weighted by molar-refractivity contribution is 7.92. The van der Waals surface area contributed by atoms with Crippen LogP contribution in [0.25, 0.3) is 10.8 Å². The van der Waals surface area contributed by atoms with Gasteiger partial charge in [-0.25, -0.2) is 18.6 Å². The standard InChI is InChI=1S/C33H27N3O5S/c1-22-7-11-26(12-8-22)33(38)41-31-20-15-24-5-3-4-6-29(24)30(31)21-34-35-32(37)25-13-16-27(17-14-25)36-42(39,40)28-18-9-23(2)10-19-28/h3-21,36H,1-2H3,(H,35,37)/b34-21-. The third-order valence-corrected chi connectivity index (χ3v) is 7.91. The first-order valence-electron chi connectivity index (χ1n) is 13.0. The van der Waals surface area contributed by atoms with E-state index < -0.39 is 21.9 Å². The van der Waals surface area contributed by atoms with Gasteiger partial charge < -0.3 is 4.74 Å². The van der Waals surface area contributed by atoms with Gasteiger partial charge >= 0.3 is 5.97 Å². The topological polar surface area (TPSA) is 114 Å². The molecule has 2 N–H and O–H groups in total. The maximum atomic E-state index is 12.8. The van der Waals surface area contributed by atoms with Gasteiger partial charge in [0.1, 0.15) is 5.75 Å². The number of esters is 1. The molecule has 0 spiro atoms. The molecule has 0 unspecified atom stereocenters. The van der Waals surface area contributed by atoms with Gasteiger partial charge in [-0.2, -0.15) is 5.10 Å². The first kappa shape index (κ1) is 28.3. The van der Waals surface area contributed by atoms with Gasteiger partial charge in [-0.3, -0.25) is 9.52 Å². The monoisotopic (exact) mass is 577 g/mol. The lowest BCUT2D eigenvalue weighted by molar-refractivity contribution is 0.0734. The van der Waals surface area contributed by atoms with Crippen LogP contribution in [0.3, 0.4) is 0 Å². The molecular weight excluding hydrogens is 550 g/mol. The summed E-state index contributed by atoms with van der Waals surface area (Å²) in [5.41, 5.74) is 5.98. The molecule has 5 aromatic carbocycles. The molecule has 0 aliphatic rings. The summed E-state index contributed by atoms with van der Waals surface area (Å²) in [5.74, 6) is -0.720. The van der Waals surface area contributed by atoms with Crippen molar-refractivity contribution < 1.29 is 22.7 Å². The van der Waals surface area contributed by atoms with E-state index in [4.69, 9.17) is 4.74 Å². The summed E-state index contributed by atoms with van der Waals surface area (Å²) in [4.78, 5) is 25.7. The molecule has 0 aromatic heterocycles. The van der Waals surface area contributed by atoms with Crippen molar-refractivity contribution in [2.45, 2.75) is 18.7 Å². The van der Waals surface area contributed by atoms with Gasteiger partial charge in [-0.15, -0.1) is 0 Å². The normalized spacial score (nSPS) is 11.4. The number of rotatable bonds is 8. The Balaban J connectivity index is 1.31. The van der Waals surface area contributed by atoms with E-state index in [1.165, 1.54) is 42.6 Å². The van der Waals surface area contributed by atoms with E-state index in [2.05, 4.69) is 15.2 Å². The van der Waals surface area contributed by atoms with Crippen molar-refractivity contribution in [1.29, 1.82) is 0 Å². The van der Waals surface area contributed by atoms with E-state index in [-0.39, 0.29) is 10.5 Å². The SMILES string of the molecule is Cc1ccc(C(=O)Oc2ccc3ccccc3c2/C=N\NC(=O)c2ccc(NS(=O)(=O)c3ccc(C)cc3)cc2)cc1. The van der Waals surface area contributed by atoms with E-state index in [9.17, 15) is 18.0 Å². The van der Waals surface area contributed by atoms with Gasteiger partial charge in [0.05, 0.1) is 16.7 Å². The third kappa shape index (κ3) is 6.54. The van der Waals surface area contributed by atoms with Crippen LogP contribution in [0.5, 0.6) is 5.75 Å². The molecule has 0 atom stereocenters. The number of benzene rings is 5. The fourth-order valence-corrected chi connectivity index (χ4v) is 5.25. The Morgan fingerprint density at radius 1 is 0.738 bits per heavy atom. The summed E-state index contributed by atoms with van der Waals surface area (Å²) >= 11 is 0. The molecule has 0 radical (unpaired) electrons. The number of fused-ring (bicyclic) bond motifs is 1. The van der Waals surface area contributed by atoms with Crippen molar-refractivity contribution in [3.63, 3.8) is 0 Å². The maximum Gasteiger partial charge on any atom is 0.343 e. The minimum atomic E-state index is -3.77. The van der Waals surface area contributed by atoms with Gasteiger partial charge in [0.2, 0.25) is 0 Å². The number of carbonyl (C=O) groups excluding carboxylic acids is 2. The molecule has 210 valence electrons. The highest BCUT2D eigenvalue weighted by Gasteiger charge is 2.15. The van der Waals surface area contributed by atoms with Gasteiger partial charge in [0, 0.05) is 16.8 Å². The van der Waals surface area contributed by atoms with E-state index in [1.54, 1.807) is 30.3 Å². The highest BCUT2D eigenvalue weighted by Crippen LogP contribution is 2.27. The summed E-state index contributed by atoms with van der Waals surface area (Å²) in [6.45, 7) is 3.81. The van der Waals surface area contributed by atoms with Crippen LogP contribution in [-0.4, -0.2) is 26.5 Å². The minimum absolute atomic E-state index is 0.140. The molecule has 42 heavy (non-hydrogen) atoms. The van der Waals surface area contributed by atoms with Crippen molar-refractivity contribution >= 4 is 44.6 Å². The number of hydrogen-bond acceptors (Lipinski definition) is 6. The first-order chi connectivity index (χ1) is 20.2. The average Bonchev–Trinajstić information content (AvgIpc) is 2.98. The van der Waals surface area contributed by atoms with Crippen LogP contribution in [0.1, 0.15) is 37.4 Å². The Kier molecular flexibility index (Phi) is 8.12. The zero-order chi connectivity index (χ0) is 29.7. The Morgan fingerprint density at radius 2 is 1.36 bits per heavy atom. The second kappa shape index (κ2) is 12.1. The molecule has 0 fully saturated rings. The number of hydrazone groups is 1. The molecular formula is C33H27N3O5S. The summed E-state index contributed by atoms with van der Waals surface area (Å²) < 4.78 is 33.5. The summed E-state index contributed by atoms with van der Waals surface area (Å²) in [7, 11) is -3.77. The second-order valence-corrected chi connectivity index (χ2v) is 11.3. The predicted octanol–water partition coefficient (Wildman–Crippen LogP) is 6.24. The van der Waals surface area contributed by atoms with E-state index >= 15 is 0 Å². The van der Waals surface area contributed by atoms with Gasteiger partial charge in [-0.1, -0.05) is 65.7 Å². The van der Waals surface area contributed by atoms with Gasteiger partial charge in [0.25, 0.3) is 15.9 Å². The molecule has 0 heterocycles. The Bertz CT molecular complexity index is 1900. The van der Waals surface area contributed by atoms with Crippen LogP contribution in [0.4, 0.5) is 5.69 Å². The average molecular weight is 578 g/mol. The molecule has 9 heteroatoms. The lowest BCUT2D eigenvalue weighted by atomic mass is 10.0. The van der Waals surface area contributed by atoms with Crippen LogP contribution in [-0.2, 0) is 10.0 Å². The number of anilines is 1. The van der Waals surface area contributed by atoms with Crippen molar-refractivity contribution in [2.24, 2.45) is 5.10 Å². The molecule has 5 rings (SSSR count). The highest BCUT2D eigenvalue weighted by atomic mass is 32.2. The molecule has 0 aliphatic carbocycles. The Hall–Kier alpha value is -5.28. The predicted molar refractivity (Wildman–Crippen MR) is 164 cm³/mol. The van der Waals surface area contributed by atoms with Gasteiger partial charge in [0.15, 0.2) is 0 Å². The number of carbonyl (C=O) groups is 2. The smallest absolute Gasteiger partial charge is 0.343 e. The number of amides is 1. The number of hydrogen-bond donors (Lipinski definition) is 2. The fourth-order valence-electron chi connectivity index (χ4n) is 4.19. The number of aryl methyl sites for hydroxylation is 2. The molecule has 5 aromatic rings. The lowest BCUT2D eigenvalue weighted by Crippen LogP contribution is -2.18. The largest absolute Gasteiger partial charge is 0.422 e. The quantitative estimate of drug-likeness (QED) is 0.0981. The molecule has 0 aliphatic heterocycles. The molecule has 0 saturated heterocycles. The van der Waals surface area contributed by atoms with Crippen LogP contribution in [0, 0.1) is 13.8 Å². The molecule has 1 amide bonds. The number of nitrogens with one attached hydrogen (secondary N) is 2. The molecule has 0 saturated carbocycles. The van der Waals surface area contributed by atoms with Crippen molar-refractivity contribution in [1.82, 2.24) is 5.43 Å². The maximum absolute atomic E-state index is 12.8. The third-order valence-electron chi connectivity index (χ3n) is 6.51. The number of sulfonamides is 1. The summed E-state index contributed by atoms with van der Waals surface area (Å²) in [6, 6.07) is 30.6. The van der Waals surface area contributed by atoms with Crippen LogP contribution in [0.2, 0.25) is 0 Å². The Labute approximate surface area is 243 Å². The fraction of sp³-hybridized carbons (Fsp3) is 0.0606. The van der Waals surface area contributed by atoms with Crippen molar-refractivity contribution in [3.05, 3.63) is 137 Å². The minimum Gasteiger partial charge on any atom is -0.422 e. The van der Waals surface area contributed by atoms with Gasteiger partial charge in [-0.05, 0) is 79.2 Å². The number of nitrogens with zero attached hydrogens (tertiary/aromatic N) is 1.